The molecule has 0 aliphatic heterocycles. The van der Waals surface area contributed by atoms with Gasteiger partial charge in [-0.05, 0) is 25.5 Å². The molecule has 2 rings (SSSR count). The summed E-state index contributed by atoms with van der Waals surface area (Å²) in [5.41, 5.74) is 0.904. The van der Waals surface area contributed by atoms with Crippen molar-refractivity contribution in [3.8, 4) is 5.88 Å². The second-order valence-electron chi connectivity index (χ2n) is 4.32. The van der Waals surface area contributed by atoms with Gasteiger partial charge in [0.05, 0.1) is 6.61 Å². The highest BCUT2D eigenvalue weighted by molar-refractivity contribution is 5.95. The van der Waals surface area contributed by atoms with Gasteiger partial charge in [-0.2, -0.15) is 0 Å². The quantitative estimate of drug-likeness (QED) is 0.637. The molecule has 2 aromatic heterocycles. The van der Waals surface area contributed by atoms with Gasteiger partial charge in [-0.1, -0.05) is 0 Å². The number of aromatic nitrogens is 3. The van der Waals surface area contributed by atoms with Gasteiger partial charge >= 0.3 is 5.69 Å². The van der Waals surface area contributed by atoms with Gasteiger partial charge in [0.2, 0.25) is 0 Å². The molecule has 0 atom stereocenters. The van der Waals surface area contributed by atoms with Crippen LogP contribution in [0.3, 0.4) is 0 Å². The molecule has 0 saturated heterocycles. The highest BCUT2D eigenvalue weighted by Gasteiger charge is 2.06. The van der Waals surface area contributed by atoms with E-state index >= 15 is 0 Å². The zero-order chi connectivity index (χ0) is 14.4. The minimum Gasteiger partial charge on any atom is -0.479 e. The second kappa shape index (κ2) is 6.60. The van der Waals surface area contributed by atoms with Crippen molar-refractivity contribution in [1.82, 2.24) is 15.0 Å². The van der Waals surface area contributed by atoms with Crippen molar-refractivity contribution in [3.05, 3.63) is 52.3 Å². The molecule has 0 fully saturated rings. The Labute approximate surface area is 115 Å². The average molecular weight is 273 g/mol. The molecule has 0 aliphatic rings. The van der Waals surface area contributed by atoms with Crippen LogP contribution in [0.5, 0.6) is 5.88 Å². The number of rotatable bonds is 6. The van der Waals surface area contributed by atoms with Crippen molar-refractivity contribution in [1.29, 1.82) is 0 Å². The van der Waals surface area contributed by atoms with E-state index < -0.39 is 5.69 Å². The number of Topliss-reactive ketones (excluding diaryl/α,β-unsaturated/α-hetero) is 1. The lowest BCUT2D eigenvalue weighted by molar-refractivity contribution is 0.0972. The van der Waals surface area contributed by atoms with Crippen LogP contribution in [0.25, 0.3) is 0 Å². The molecule has 6 heteroatoms. The Morgan fingerprint density at radius 1 is 1.40 bits per heavy atom. The van der Waals surface area contributed by atoms with Gasteiger partial charge < -0.3 is 4.74 Å². The van der Waals surface area contributed by atoms with Crippen LogP contribution in [0.15, 0.2) is 35.5 Å². The third kappa shape index (κ3) is 3.74. The molecule has 0 saturated carbocycles. The van der Waals surface area contributed by atoms with Crippen LogP contribution in [0.2, 0.25) is 0 Å². The summed E-state index contributed by atoms with van der Waals surface area (Å²) in [6, 6.07) is 3.47. The molecule has 0 radical (unpaired) electrons. The first kappa shape index (κ1) is 13.9. The molecule has 1 N–H and O–H groups in total. The highest BCUT2D eigenvalue weighted by Crippen LogP contribution is 2.10. The number of nitrogens with zero attached hydrogens (tertiary/aromatic N) is 2. The lowest BCUT2D eigenvalue weighted by Gasteiger charge is -2.07. The van der Waals surface area contributed by atoms with Crippen molar-refractivity contribution in [2.75, 3.05) is 6.61 Å². The topological polar surface area (TPSA) is 84.9 Å². The maximum Gasteiger partial charge on any atom is 0.347 e. The molecular formula is C14H15N3O3. The van der Waals surface area contributed by atoms with Crippen LogP contribution >= 0.6 is 0 Å². The third-order valence-electron chi connectivity index (χ3n) is 2.73. The number of nitrogens with one attached hydrogen (secondary N) is 1. The lowest BCUT2D eigenvalue weighted by atomic mass is 10.1. The Morgan fingerprint density at radius 2 is 2.25 bits per heavy atom. The second-order valence-corrected chi connectivity index (χ2v) is 4.32. The number of hydrogen-bond donors (Lipinski definition) is 1. The van der Waals surface area contributed by atoms with E-state index in [0.717, 1.165) is 5.56 Å². The SMILES string of the molecule is Cc1cnc(=O)[nH]c1OCCCC(=O)c1cccnc1. The smallest absolute Gasteiger partial charge is 0.347 e. The number of aryl methyl sites for hydroxylation is 1. The van der Waals surface area contributed by atoms with Crippen LogP contribution in [0.4, 0.5) is 0 Å². The van der Waals surface area contributed by atoms with E-state index in [1.807, 2.05) is 0 Å². The summed E-state index contributed by atoms with van der Waals surface area (Å²) >= 11 is 0. The van der Waals surface area contributed by atoms with E-state index in [4.69, 9.17) is 4.74 Å². The standard InChI is InChI=1S/C14H15N3O3/c1-10-8-16-14(19)17-13(10)20-7-3-5-12(18)11-4-2-6-15-9-11/h2,4,6,8-9H,3,5,7H2,1H3,(H,16,17,19). The first-order valence-electron chi connectivity index (χ1n) is 6.29. The molecular weight excluding hydrogens is 258 g/mol. The highest BCUT2D eigenvalue weighted by atomic mass is 16.5. The molecule has 104 valence electrons. The molecule has 0 aliphatic carbocycles. The van der Waals surface area contributed by atoms with Gasteiger partial charge in [-0.3, -0.25) is 14.8 Å². The van der Waals surface area contributed by atoms with E-state index in [1.165, 1.54) is 6.20 Å². The minimum absolute atomic E-state index is 0.0293. The Morgan fingerprint density at radius 3 is 3.00 bits per heavy atom. The molecule has 20 heavy (non-hydrogen) atoms. The fourth-order valence-corrected chi connectivity index (χ4v) is 1.67. The number of carbonyl (C=O) groups excluding carboxylic acids is 1. The number of ketones is 1. The number of H-pyrrole nitrogens is 1. The largest absolute Gasteiger partial charge is 0.479 e. The summed E-state index contributed by atoms with van der Waals surface area (Å²) in [6.45, 7) is 2.14. The fraction of sp³-hybridized carbons (Fsp3) is 0.286. The Hall–Kier alpha value is -2.50. The maximum absolute atomic E-state index is 11.8. The molecule has 0 spiro atoms. The average Bonchev–Trinajstić information content (AvgIpc) is 2.47. The molecule has 0 aromatic carbocycles. The first-order valence-corrected chi connectivity index (χ1v) is 6.29. The zero-order valence-electron chi connectivity index (χ0n) is 11.1. The fourth-order valence-electron chi connectivity index (χ4n) is 1.67. The van der Waals surface area contributed by atoms with Gasteiger partial charge in [0.25, 0.3) is 0 Å². The van der Waals surface area contributed by atoms with E-state index in [-0.39, 0.29) is 5.78 Å². The van der Waals surface area contributed by atoms with Crippen molar-refractivity contribution >= 4 is 5.78 Å². The van der Waals surface area contributed by atoms with Gasteiger partial charge in [-0.25, -0.2) is 9.78 Å². The van der Waals surface area contributed by atoms with Crippen LogP contribution in [-0.4, -0.2) is 27.3 Å². The lowest BCUT2D eigenvalue weighted by Crippen LogP contribution is -2.13. The molecule has 0 amide bonds. The Balaban J connectivity index is 1.81. The maximum atomic E-state index is 11.8. The predicted octanol–water partition coefficient (Wildman–Crippen LogP) is 1.52. The summed E-state index contributed by atoms with van der Waals surface area (Å²) in [6.07, 6.45) is 5.57. The van der Waals surface area contributed by atoms with E-state index in [1.54, 1.807) is 31.5 Å². The van der Waals surface area contributed by atoms with Crippen molar-refractivity contribution in [2.24, 2.45) is 0 Å². The summed E-state index contributed by atoms with van der Waals surface area (Å²) in [4.78, 5) is 32.9. The monoisotopic (exact) mass is 273 g/mol. The Kier molecular flexibility index (Phi) is 4.60. The van der Waals surface area contributed by atoms with Crippen LogP contribution in [0, 0.1) is 6.92 Å². The number of hydrogen-bond acceptors (Lipinski definition) is 5. The van der Waals surface area contributed by atoms with Crippen LogP contribution in [-0.2, 0) is 0 Å². The van der Waals surface area contributed by atoms with Crippen molar-refractivity contribution in [3.63, 3.8) is 0 Å². The third-order valence-corrected chi connectivity index (χ3v) is 2.73. The van der Waals surface area contributed by atoms with Gasteiger partial charge in [0.15, 0.2) is 11.7 Å². The predicted molar refractivity (Wildman–Crippen MR) is 72.9 cm³/mol. The van der Waals surface area contributed by atoms with Crippen molar-refractivity contribution < 1.29 is 9.53 Å². The number of ether oxygens (including phenoxy) is 1. The molecule has 0 bridgehead atoms. The number of pyridine rings is 1. The minimum atomic E-state index is -0.447. The Bertz CT molecular complexity index is 638. The van der Waals surface area contributed by atoms with E-state index in [2.05, 4.69) is 15.0 Å². The van der Waals surface area contributed by atoms with E-state index in [0.29, 0.717) is 30.9 Å². The van der Waals surface area contributed by atoms with E-state index in [9.17, 15) is 9.59 Å². The normalized spacial score (nSPS) is 10.2. The first-order chi connectivity index (χ1) is 9.66. The van der Waals surface area contributed by atoms with Gasteiger partial charge in [-0.15, -0.1) is 0 Å². The summed E-state index contributed by atoms with van der Waals surface area (Å²) in [7, 11) is 0. The molecule has 0 unspecified atom stereocenters. The van der Waals surface area contributed by atoms with Crippen LogP contribution < -0.4 is 10.4 Å². The zero-order valence-corrected chi connectivity index (χ0v) is 11.1. The number of aromatic amines is 1. The molecule has 2 heterocycles. The summed E-state index contributed by atoms with van der Waals surface area (Å²) < 4.78 is 5.44. The molecule has 6 nitrogen and oxygen atoms in total. The van der Waals surface area contributed by atoms with Crippen molar-refractivity contribution in [2.45, 2.75) is 19.8 Å². The summed E-state index contributed by atoms with van der Waals surface area (Å²) in [5, 5.41) is 0. The van der Waals surface area contributed by atoms with Crippen LogP contribution in [0.1, 0.15) is 28.8 Å². The molecule has 2 aromatic rings. The number of carbonyl (C=O) groups is 1. The van der Waals surface area contributed by atoms with Gasteiger partial charge in [0.1, 0.15) is 0 Å². The van der Waals surface area contributed by atoms with Gasteiger partial charge in [0, 0.05) is 36.1 Å². The summed E-state index contributed by atoms with van der Waals surface area (Å²) in [5.74, 6) is 0.431.